The first-order valence-corrected chi connectivity index (χ1v) is 28.0. The number of aliphatic hydroxyl groups excluding tert-OH is 5. The van der Waals surface area contributed by atoms with E-state index in [1.807, 2.05) is 0 Å². The molecule has 2 saturated heterocycles. The van der Waals surface area contributed by atoms with E-state index in [0.29, 0.717) is 61.4 Å². The van der Waals surface area contributed by atoms with E-state index in [1.54, 1.807) is 31.1 Å². The number of aromatic nitrogens is 5. The van der Waals surface area contributed by atoms with Gasteiger partial charge in [0.1, 0.15) is 48.0 Å². The number of methoxy groups -OCH3 is 1. The van der Waals surface area contributed by atoms with Gasteiger partial charge >= 0.3 is 11.9 Å². The predicted octanol–water partition coefficient (Wildman–Crippen LogP) is -0.290. The number of unbranched alkanes of at least 4 members (excludes halogenated alkanes) is 2. The Morgan fingerprint density at radius 1 is 0.773 bits per heavy atom. The fourth-order valence-electron chi connectivity index (χ4n) is 10.2. The average molecular weight is 1230 g/mol. The number of carboxylic acid groups (broad SMARTS) is 1. The van der Waals surface area contributed by atoms with Gasteiger partial charge in [-0.3, -0.25) is 33.4 Å². The van der Waals surface area contributed by atoms with Gasteiger partial charge in [0.05, 0.1) is 68.8 Å². The molecule has 0 spiro atoms. The molecule has 8 atom stereocenters. The smallest absolute Gasteiger partial charge is 0.335 e. The lowest BCUT2D eigenvalue weighted by atomic mass is 9.86. The van der Waals surface area contributed by atoms with Gasteiger partial charge in [0, 0.05) is 64.8 Å². The maximum absolute atomic E-state index is 14.5. The van der Waals surface area contributed by atoms with Gasteiger partial charge in [-0.25, -0.2) is 10.7 Å². The Bertz CT molecular complexity index is 3360. The lowest BCUT2D eigenvalue weighted by Crippen LogP contribution is -2.61. The van der Waals surface area contributed by atoms with Crippen LogP contribution in [-0.2, 0) is 55.9 Å². The van der Waals surface area contributed by atoms with Crippen LogP contribution in [0.15, 0.2) is 73.2 Å². The number of aliphatic hydroxyl groups is 5. The highest BCUT2D eigenvalue weighted by molar-refractivity contribution is 6.07. The molecule has 5 aromatic rings. The highest BCUT2D eigenvalue weighted by atomic mass is 16.7. The molecule has 31 heteroatoms. The fraction of sp³-hybridized carbons (Fsp3) is 0.456. The van der Waals surface area contributed by atoms with Crippen LogP contribution in [0.5, 0.6) is 17.2 Å². The first-order valence-electron chi connectivity index (χ1n) is 28.0. The van der Waals surface area contributed by atoms with Crippen molar-refractivity contribution in [3.8, 4) is 17.2 Å². The van der Waals surface area contributed by atoms with Crippen molar-refractivity contribution in [3.05, 3.63) is 113 Å². The number of fused-ring (bicyclic) bond motifs is 2. The molecule has 2 fully saturated rings. The molecule has 5 amide bonds. The average Bonchev–Trinajstić information content (AvgIpc) is 1.62. The summed E-state index contributed by atoms with van der Waals surface area (Å²) in [5.41, 5.74) is 2.04. The molecule has 2 aromatic carbocycles. The van der Waals surface area contributed by atoms with Crippen LogP contribution >= 0.6 is 0 Å². The molecule has 0 radical (unpaired) electrons. The maximum Gasteiger partial charge on any atom is 0.335 e. The molecule has 31 nitrogen and oxygen atoms in total. The number of rotatable bonds is 29. The minimum atomic E-state index is -2.01. The molecule has 0 aliphatic carbocycles. The molecule has 2 unspecified atom stereocenters. The van der Waals surface area contributed by atoms with Crippen LogP contribution < -0.4 is 41.4 Å². The molecule has 6 heterocycles. The number of benzene rings is 2. The second kappa shape index (κ2) is 29.7. The number of amides is 5. The molecule has 3 aliphatic heterocycles. The van der Waals surface area contributed by atoms with Gasteiger partial charge in [0.2, 0.25) is 6.29 Å². The number of esters is 1. The van der Waals surface area contributed by atoms with Crippen molar-refractivity contribution in [1.82, 2.24) is 39.7 Å². The third kappa shape index (κ3) is 15.5. The van der Waals surface area contributed by atoms with Crippen LogP contribution in [0.4, 0.5) is 11.4 Å². The normalized spacial score (nSPS) is 20.5. The summed E-state index contributed by atoms with van der Waals surface area (Å²) >= 11 is 0. The van der Waals surface area contributed by atoms with E-state index in [1.165, 1.54) is 69.9 Å². The van der Waals surface area contributed by atoms with E-state index in [0.717, 1.165) is 0 Å². The molecular formula is C57H71N11O20. The lowest BCUT2D eigenvalue weighted by Gasteiger charge is -2.38. The highest BCUT2D eigenvalue weighted by Crippen LogP contribution is 2.43. The van der Waals surface area contributed by atoms with E-state index < -0.39 is 90.9 Å². The Morgan fingerprint density at radius 2 is 1.49 bits per heavy atom. The highest BCUT2D eigenvalue weighted by Gasteiger charge is 2.50. The van der Waals surface area contributed by atoms with E-state index in [9.17, 15) is 59.1 Å². The number of carboxylic acids is 1. The van der Waals surface area contributed by atoms with Crippen molar-refractivity contribution < 1.29 is 97.5 Å². The van der Waals surface area contributed by atoms with Gasteiger partial charge in [-0.2, -0.15) is 0 Å². The van der Waals surface area contributed by atoms with Gasteiger partial charge in [0.25, 0.3) is 29.5 Å². The van der Waals surface area contributed by atoms with Crippen molar-refractivity contribution in [3.63, 3.8) is 0 Å². The zero-order valence-electron chi connectivity index (χ0n) is 48.4. The van der Waals surface area contributed by atoms with Gasteiger partial charge < -0.3 is 99.2 Å². The molecule has 3 aliphatic rings. The number of aliphatic carboxylic acids is 1. The van der Waals surface area contributed by atoms with Crippen LogP contribution in [0.3, 0.4) is 0 Å². The second-order valence-corrected chi connectivity index (χ2v) is 21.0. The topological polar surface area (TPSA) is 423 Å². The molecule has 0 bridgehead atoms. The minimum Gasteiger partial charge on any atom is -0.493 e. The third-order valence-corrected chi connectivity index (χ3v) is 14.7. The Morgan fingerprint density at radius 3 is 2.19 bits per heavy atom. The van der Waals surface area contributed by atoms with Gasteiger partial charge in [0.15, 0.2) is 23.3 Å². The van der Waals surface area contributed by atoms with Gasteiger partial charge in [-0.05, 0) is 79.6 Å². The first kappa shape index (κ1) is 65.2. The maximum atomic E-state index is 14.5. The van der Waals surface area contributed by atoms with Crippen molar-refractivity contribution in [1.29, 1.82) is 0 Å². The van der Waals surface area contributed by atoms with Crippen molar-refractivity contribution >= 4 is 52.8 Å². The van der Waals surface area contributed by atoms with Crippen molar-refractivity contribution in [2.45, 2.75) is 94.0 Å². The largest absolute Gasteiger partial charge is 0.493 e. The molecule has 3 aromatic heterocycles. The molecule has 0 saturated carbocycles. The summed E-state index contributed by atoms with van der Waals surface area (Å²) in [6.07, 6.45) is -4.46. The van der Waals surface area contributed by atoms with Crippen LogP contribution in [-0.4, -0.2) is 204 Å². The Balaban J connectivity index is 0.890. The summed E-state index contributed by atoms with van der Waals surface area (Å²) in [6.45, 7) is 4.60. The van der Waals surface area contributed by atoms with Crippen LogP contribution in [0.25, 0.3) is 0 Å². The molecular weight excluding hydrogens is 1160 g/mol. The number of hydrogen-bond acceptors (Lipinski definition) is 22. The number of carbonyl (C=O) groups excluding carboxylic acids is 6. The van der Waals surface area contributed by atoms with E-state index >= 15 is 0 Å². The Labute approximate surface area is 502 Å². The summed E-state index contributed by atoms with van der Waals surface area (Å²) in [5.74, 6) is -1.65. The quantitative estimate of drug-likeness (QED) is 0.0127. The standard InChI is InChI=1S/C57H71N11O20/c1-30-19-38-45(70)44(56(81)85-29-31-9-10-41(36(20-31)50(74)60-12-16-83-17-18-86-58)87-57-48(73)46(71)47(72)49(88-57)55(79)80)34-23-43(42(82-4)24-35(34)54(78)68(38)25-30)84-15-7-5-6-13-67-28-37(63-64-67)51(75)61-32-22-40(66(3)26-32)53(77)62-33-21-39(65(2)27-33)52(76)59-11-8-14-69/h9-10,20-24,26-28,38,44-49,57,69-73H,1,5-8,11-19,25,29,58H2,2-4H3,(H,59,76)(H,60,74)(H,61,75)(H,62,77)(H,79,80)/t38-,44?,45?,46-,47-,48+,49-,57+/m0/s1. The minimum absolute atomic E-state index is 0.0248. The van der Waals surface area contributed by atoms with Crippen LogP contribution in [0.2, 0.25) is 0 Å². The van der Waals surface area contributed by atoms with Crippen LogP contribution in [0, 0.1) is 0 Å². The summed E-state index contributed by atoms with van der Waals surface area (Å²) in [5, 5.41) is 80.9. The van der Waals surface area contributed by atoms with E-state index in [4.69, 9.17) is 39.4 Å². The van der Waals surface area contributed by atoms with E-state index in [-0.39, 0.29) is 109 Å². The number of nitrogens with zero attached hydrogens (tertiary/aromatic N) is 6. The van der Waals surface area contributed by atoms with E-state index in [2.05, 4.69) is 43.0 Å². The molecule has 474 valence electrons. The number of nitrogens with two attached hydrogens (primary N) is 1. The fourth-order valence-corrected chi connectivity index (χ4v) is 10.2. The summed E-state index contributed by atoms with van der Waals surface area (Å²) < 4.78 is 38.7. The van der Waals surface area contributed by atoms with Gasteiger partial charge in [-0.15, -0.1) is 5.10 Å². The van der Waals surface area contributed by atoms with Gasteiger partial charge in [-0.1, -0.05) is 23.4 Å². The Kier molecular flexibility index (Phi) is 22.0. The number of carbonyl (C=O) groups is 7. The zero-order chi connectivity index (χ0) is 63.3. The second-order valence-electron chi connectivity index (χ2n) is 21.0. The zero-order valence-corrected chi connectivity index (χ0v) is 48.4. The summed E-state index contributed by atoms with van der Waals surface area (Å²) in [4.78, 5) is 99.2. The third-order valence-electron chi connectivity index (χ3n) is 14.7. The lowest BCUT2D eigenvalue weighted by molar-refractivity contribution is -0.271. The number of anilines is 2. The predicted molar refractivity (Wildman–Crippen MR) is 305 cm³/mol. The number of aryl methyl sites for hydroxylation is 3. The number of hydrogen-bond donors (Lipinski definition) is 11. The molecule has 88 heavy (non-hydrogen) atoms. The number of nitrogens with one attached hydrogen (secondary N) is 4. The monoisotopic (exact) mass is 1230 g/mol. The molecule has 8 rings (SSSR count). The summed E-state index contributed by atoms with van der Waals surface area (Å²) in [7, 11) is 4.68. The van der Waals surface area contributed by atoms with Crippen molar-refractivity contribution in [2.24, 2.45) is 20.0 Å². The van der Waals surface area contributed by atoms with Crippen molar-refractivity contribution in [2.75, 3.05) is 70.4 Å². The Hall–Kier alpha value is -8.79. The molecule has 12 N–H and O–H groups in total. The summed E-state index contributed by atoms with van der Waals surface area (Å²) in [6, 6.07) is 8.97. The SMILES string of the molecule is C=C1C[C@H]2C(O)C(C(=O)OCc3ccc(O[C@@H]4O[C@H](C(=O)O)[C@@H](O)[C@H](O)[C@H]4O)c(C(=O)NCCOCCON)c3)c3cc(OCCCCCn4cc(C(=O)Nc5cc(C(=O)Nc6cc(C(=O)NCCCO)n(C)c6)n(C)c5)nn4)c(OC)cc3C(=O)N2C1. The first-order chi connectivity index (χ1) is 42.2. The van der Waals surface area contributed by atoms with Crippen LogP contribution in [0.1, 0.15) is 101 Å². The number of ether oxygens (including phenoxy) is 6.